The van der Waals surface area contributed by atoms with Gasteiger partial charge in [-0.25, -0.2) is 13.6 Å². The van der Waals surface area contributed by atoms with E-state index in [9.17, 15) is 32.2 Å². The summed E-state index contributed by atoms with van der Waals surface area (Å²) in [6.45, 7) is 5.24. The minimum atomic E-state index is -1.30. The molecule has 226 valence electrons. The van der Waals surface area contributed by atoms with E-state index in [2.05, 4.69) is 5.32 Å². The monoisotopic (exact) mass is 646 g/mol. The Balaban J connectivity index is 1.52. The summed E-state index contributed by atoms with van der Waals surface area (Å²) in [5, 5.41) is 3.73. The van der Waals surface area contributed by atoms with Gasteiger partial charge in [-0.05, 0) is 104 Å². The first-order valence-electron chi connectivity index (χ1n) is 13.0. The molecule has 0 saturated carbocycles. The number of hydrogen-bond acceptors (Lipinski definition) is 8. The molecular weight excluding hydrogens is 619 g/mol. The average molecular weight is 647 g/mol. The van der Waals surface area contributed by atoms with Crippen LogP contribution < -0.4 is 5.32 Å². The first-order valence-corrected chi connectivity index (χ1v) is 16.4. The molecule has 8 nitrogen and oxygen atoms in total. The molecule has 4 rings (SSSR count). The molecule has 1 N–H and O–H groups in total. The number of carbonyl (C=O) groups excluding carboxylic acids is 4. The van der Waals surface area contributed by atoms with Crippen molar-refractivity contribution >= 4 is 68.7 Å². The Morgan fingerprint density at radius 3 is 2.37 bits per heavy atom. The number of benzene rings is 2. The molecule has 2 aromatic carbocycles. The molecule has 0 bridgehead atoms. The maximum atomic E-state index is 13.7. The number of anilines is 1. The Morgan fingerprint density at radius 1 is 1.05 bits per heavy atom. The summed E-state index contributed by atoms with van der Waals surface area (Å²) >= 11 is 1.91. The summed E-state index contributed by atoms with van der Waals surface area (Å²) in [6, 6.07) is 9.94. The van der Waals surface area contributed by atoms with E-state index in [1.165, 1.54) is 54.0 Å². The summed E-state index contributed by atoms with van der Waals surface area (Å²) in [6.07, 6.45) is 2.93. The van der Waals surface area contributed by atoms with Crippen molar-refractivity contribution in [2.75, 3.05) is 17.3 Å². The number of halogens is 2. The predicted molar refractivity (Wildman–Crippen MR) is 165 cm³/mol. The fourth-order valence-electron chi connectivity index (χ4n) is 4.04. The zero-order valence-corrected chi connectivity index (χ0v) is 26.1. The van der Waals surface area contributed by atoms with E-state index >= 15 is 0 Å². The highest BCUT2D eigenvalue weighted by atomic mass is 32.2. The Hall–Kier alpha value is -3.68. The van der Waals surface area contributed by atoms with Crippen molar-refractivity contribution in [3.63, 3.8) is 0 Å². The Morgan fingerprint density at radius 2 is 1.74 bits per heavy atom. The molecular formula is C30H28F2N2O6S3. The first-order chi connectivity index (χ1) is 20.2. The fourth-order valence-corrected chi connectivity index (χ4v) is 6.39. The van der Waals surface area contributed by atoms with Crippen molar-refractivity contribution in [3.05, 3.63) is 80.9 Å². The van der Waals surface area contributed by atoms with Crippen LogP contribution in [0.5, 0.6) is 0 Å². The van der Waals surface area contributed by atoms with Crippen molar-refractivity contribution in [1.29, 1.82) is 0 Å². The quantitative estimate of drug-likeness (QED) is 0.210. The molecule has 1 aliphatic rings. The summed E-state index contributed by atoms with van der Waals surface area (Å²) in [5.41, 5.74) is 0.986. The molecule has 0 radical (unpaired) electrons. The molecule has 3 aromatic rings. The van der Waals surface area contributed by atoms with Crippen LogP contribution in [-0.2, 0) is 25.1 Å². The summed E-state index contributed by atoms with van der Waals surface area (Å²) in [5.74, 6) is -3.74. The van der Waals surface area contributed by atoms with Crippen LogP contribution in [0.15, 0.2) is 58.8 Å². The van der Waals surface area contributed by atoms with E-state index in [1.54, 1.807) is 32.2 Å². The third-order valence-corrected chi connectivity index (χ3v) is 8.62. The highest BCUT2D eigenvalue weighted by molar-refractivity contribution is 8.18. The lowest BCUT2D eigenvalue weighted by molar-refractivity contribution is -0.130. The van der Waals surface area contributed by atoms with Crippen LogP contribution >= 0.6 is 23.1 Å². The number of hydrogen-bond donors (Lipinski definition) is 1. The summed E-state index contributed by atoms with van der Waals surface area (Å²) in [7, 11) is -1.30. The second-order valence-corrected chi connectivity index (χ2v) is 14.1. The van der Waals surface area contributed by atoms with Gasteiger partial charge >= 0.3 is 5.97 Å². The number of rotatable bonds is 9. The second-order valence-electron chi connectivity index (χ2n) is 10.6. The molecule has 0 spiro atoms. The van der Waals surface area contributed by atoms with E-state index in [0.29, 0.717) is 33.5 Å². The molecule has 1 fully saturated rings. The number of amides is 3. The molecule has 1 unspecified atom stereocenters. The number of nitrogens with zero attached hydrogens (tertiary/aromatic N) is 1. The number of ether oxygens (including phenoxy) is 1. The zero-order valence-electron chi connectivity index (χ0n) is 23.6. The molecule has 13 heteroatoms. The largest absolute Gasteiger partial charge is 0.456 e. The van der Waals surface area contributed by atoms with Gasteiger partial charge < -0.3 is 10.1 Å². The second kappa shape index (κ2) is 13.3. The number of thioether (sulfide) groups is 1. The van der Waals surface area contributed by atoms with Gasteiger partial charge in [-0.2, -0.15) is 0 Å². The molecule has 1 aliphatic heterocycles. The molecule has 1 aromatic heterocycles. The first kappa shape index (κ1) is 32.2. The third-order valence-electron chi connectivity index (χ3n) is 6.05. The Bertz CT molecular complexity index is 1630. The fraction of sp³-hybridized carbons (Fsp3) is 0.267. The van der Waals surface area contributed by atoms with Gasteiger partial charge in [-0.3, -0.25) is 23.5 Å². The van der Waals surface area contributed by atoms with Crippen molar-refractivity contribution in [2.45, 2.75) is 38.8 Å². The van der Waals surface area contributed by atoms with Gasteiger partial charge in [0.25, 0.3) is 11.1 Å². The van der Waals surface area contributed by atoms with Crippen LogP contribution in [0.2, 0.25) is 0 Å². The van der Waals surface area contributed by atoms with Crippen LogP contribution in [0.3, 0.4) is 0 Å². The minimum absolute atomic E-state index is 0.0322. The van der Waals surface area contributed by atoms with Crippen molar-refractivity contribution < 1.29 is 36.9 Å². The molecule has 43 heavy (non-hydrogen) atoms. The molecule has 2 atom stereocenters. The predicted octanol–water partition coefficient (Wildman–Crippen LogP) is 6.46. The van der Waals surface area contributed by atoms with E-state index in [-0.39, 0.29) is 22.6 Å². The van der Waals surface area contributed by atoms with Gasteiger partial charge in [-0.15, -0.1) is 11.3 Å². The van der Waals surface area contributed by atoms with Crippen LogP contribution in [-0.4, -0.2) is 55.8 Å². The summed E-state index contributed by atoms with van der Waals surface area (Å²) < 4.78 is 44.2. The van der Waals surface area contributed by atoms with Crippen LogP contribution in [0.25, 0.3) is 17.2 Å². The lowest BCUT2D eigenvalue weighted by Crippen LogP contribution is -2.47. The number of esters is 1. The maximum absolute atomic E-state index is 13.7. The van der Waals surface area contributed by atoms with Gasteiger partial charge in [0.15, 0.2) is 11.6 Å². The lowest BCUT2D eigenvalue weighted by atomic mass is 10.1. The lowest BCUT2D eigenvalue weighted by Gasteiger charge is -2.24. The number of carbonyl (C=O) groups is 4. The normalized spacial score (nSPS) is 16.0. The number of imide groups is 1. The SMILES string of the molecule is CS(=O)CC[C@@H](C(=O)Nc1ccc(C(=O)OC(C)(C)C)cc1)N1C(=O)SC(=Cc2cc(-c3ccc(F)c(F)c3)cs2)C1=O. The smallest absolute Gasteiger partial charge is 0.338 e. The van der Waals surface area contributed by atoms with Crippen molar-refractivity contribution in [3.8, 4) is 11.1 Å². The molecule has 1 saturated heterocycles. The van der Waals surface area contributed by atoms with E-state index < -0.39 is 57.1 Å². The van der Waals surface area contributed by atoms with Gasteiger partial charge in [-0.1, -0.05) is 6.07 Å². The highest BCUT2D eigenvalue weighted by Crippen LogP contribution is 2.36. The van der Waals surface area contributed by atoms with Gasteiger partial charge in [0, 0.05) is 33.4 Å². The van der Waals surface area contributed by atoms with Gasteiger partial charge in [0.1, 0.15) is 11.6 Å². The van der Waals surface area contributed by atoms with Crippen LogP contribution in [0.1, 0.15) is 42.4 Å². The maximum Gasteiger partial charge on any atom is 0.338 e. The van der Waals surface area contributed by atoms with E-state index in [4.69, 9.17) is 4.74 Å². The summed E-state index contributed by atoms with van der Waals surface area (Å²) in [4.78, 5) is 53.6. The highest BCUT2D eigenvalue weighted by Gasteiger charge is 2.43. The van der Waals surface area contributed by atoms with Crippen molar-refractivity contribution in [1.82, 2.24) is 4.90 Å². The molecule has 0 aliphatic carbocycles. The third kappa shape index (κ3) is 8.24. The Kier molecular flexibility index (Phi) is 9.98. The standard InChI is InChI=1S/C30H28F2N2O6S3/c1-30(2,3)40-28(37)17-5-8-20(9-6-17)33-26(35)24(11-12-43(4)39)34-27(36)25(42-29(34)38)15-21-13-19(16-41-21)18-7-10-22(31)23(32)14-18/h5-10,13-16,24H,11-12H2,1-4H3,(H,33,35)/t24-,43?/m0/s1. The molecule has 3 amide bonds. The van der Waals surface area contributed by atoms with E-state index in [1.807, 2.05) is 0 Å². The minimum Gasteiger partial charge on any atom is -0.456 e. The van der Waals surface area contributed by atoms with Gasteiger partial charge in [0.2, 0.25) is 5.91 Å². The Labute approximate surface area is 257 Å². The molecule has 2 heterocycles. The van der Waals surface area contributed by atoms with Crippen molar-refractivity contribution in [2.24, 2.45) is 0 Å². The topological polar surface area (TPSA) is 110 Å². The van der Waals surface area contributed by atoms with E-state index in [0.717, 1.165) is 17.0 Å². The number of thiophene rings is 1. The number of nitrogens with one attached hydrogen (secondary N) is 1. The van der Waals surface area contributed by atoms with Crippen LogP contribution in [0, 0.1) is 11.6 Å². The van der Waals surface area contributed by atoms with Gasteiger partial charge in [0.05, 0.1) is 10.5 Å². The zero-order chi connectivity index (χ0) is 31.5. The average Bonchev–Trinajstić information content (AvgIpc) is 3.49. The van der Waals surface area contributed by atoms with Crippen LogP contribution in [0.4, 0.5) is 19.3 Å².